The molecule has 0 aliphatic carbocycles. The van der Waals surface area contributed by atoms with Gasteiger partial charge in [0.2, 0.25) is 0 Å². The average molecular weight is 313 g/mol. The summed E-state index contributed by atoms with van der Waals surface area (Å²) in [4.78, 5) is 18.1. The average Bonchev–Trinajstić information content (AvgIpc) is 2.71. The van der Waals surface area contributed by atoms with Gasteiger partial charge in [0.15, 0.2) is 0 Å². The van der Waals surface area contributed by atoms with Crippen LogP contribution in [-0.2, 0) is 9.47 Å². The fourth-order valence-corrected chi connectivity index (χ4v) is 3.24. The molecule has 0 aromatic heterocycles. The van der Waals surface area contributed by atoms with E-state index in [4.69, 9.17) is 9.47 Å². The Morgan fingerprint density at radius 2 is 2.09 bits per heavy atom. The summed E-state index contributed by atoms with van der Waals surface area (Å²) in [6, 6.07) is 0.574. The van der Waals surface area contributed by atoms with Crippen molar-refractivity contribution < 1.29 is 14.3 Å². The molecule has 2 heterocycles. The van der Waals surface area contributed by atoms with Crippen LogP contribution in [0.4, 0.5) is 4.79 Å². The molecule has 0 bridgehead atoms. The first-order valence-corrected chi connectivity index (χ1v) is 8.21. The third kappa shape index (κ3) is 4.12. The number of carbonyl (C=O) groups excluding carboxylic acids is 1. The minimum Gasteiger partial charge on any atom is -0.377 e. The third-order valence-electron chi connectivity index (χ3n) is 4.72. The lowest BCUT2D eigenvalue weighted by Gasteiger charge is -2.32. The largest absolute Gasteiger partial charge is 0.377 e. The molecule has 1 spiro atoms. The Morgan fingerprint density at radius 3 is 2.73 bits per heavy atom. The Hall–Kier alpha value is -0.850. The Labute approximate surface area is 134 Å². The second-order valence-corrected chi connectivity index (χ2v) is 7.25. The number of hydrogen-bond donors (Lipinski definition) is 0. The van der Waals surface area contributed by atoms with Crippen LogP contribution in [0.25, 0.3) is 0 Å². The predicted molar refractivity (Wildman–Crippen MR) is 86.0 cm³/mol. The summed E-state index contributed by atoms with van der Waals surface area (Å²) in [6.45, 7) is 8.64. The predicted octanol–water partition coefficient (Wildman–Crippen LogP) is 1.12. The molecule has 2 saturated heterocycles. The Balaban J connectivity index is 1.99. The number of rotatable bonds is 3. The lowest BCUT2D eigenvalue weighted by Crippen LogP contribution is -2.49. The molecular weight excluding hydrogens is 282 g/mol. The topological polar surface area (TPSA) is 45.3 Å². The molecule has 128 valence electrons. The van der Waals surface area contributed by atoms with Gasteiger partial charge >= 0.3 is 6.03 Å². The summed E-state index contributed by atoms with van der Waals surface area (Å²) in [6.07, 6.45) is 0.960. The minimum absolute atomic E-state index is 0.0382. The van der Waals surface area contributed by atoms with Crippen LogP contribution in [0.1, 0.15) is 20.3 Å². The van der Waals surface area contributed by atoms with Crippen molar-refractivity contribution in [1.82, 2.24) is 14.7 Å². The summed E-state index contributed by atoms with van der Waals surface area (Å²) >= 11 is 0. The molecule has 2 atom stereocenters. The number of ether oxygens (including phenoxy) is 2. The molecule has 22 heavy (non-hydrogen) atoms. The van der Waals surface area contributed by atoms with Crippen molar-refractivity contribution in [3.63, 3.8) is 0 Å². The van der Waals surface area contributed by atoms with Gasteiger partial charge in [0.05, 0.1) is 26.4 Å². The SMILES string of the molecule is CC(C)N(C)C[C@@H]1CO[C@]2(COCCN(C(=O)N(C)C)C2)C1. The molecule has 0 radical (unpaired) electrons. The fraction of sp³-hybridized carbons (Fsp3) is 0.938. The Morgan fingerprint density at radius 1 is 1.36 bits per heavy atom. The maximum atomic E-state index is 12.3. The van der Waals surface area contributed by atoms with Gasteiger partial charge in [-0.1, -0.05) is 0 Å². The zero-order valence-electron chi connectivity index (χ0n) is 14.7. The maximum Gasteiger partial charge on any atom is 0.319 e. The fourth-order valence-electron chi connectivity index (χ4n) is 3.24. The first-order chi connectivity index (χ1) is 10.3. The van der Waals surface area contributed by atoms with E-state index in [1.165, 1.54) is 0 Å². The highest BCUT2D eigenvalue weighted by Crippen LogP contribution is 2.33. The Bertz CT molecular complexity index is 389. The van der Waals surface area contributed by atoms with Gasteiger partial charge in [-0.25, -0.2) is 4.79 Å². The lowest BCUT2D eigenvalue weighted by molar-refractivity contribution is -0.0536. The van der Waals surface area contributed by atoms with Crippen molar-refractivity contribution in [2.24, 2.45) is 5.92 Å². The standard InChI is InChI=1S/C16H31N3O3/c1-13(2)18(5)9-14-8-16(22-10-14)11-19(6-7-21-12-16)15(20)17(3)4/h13-14H,6-12H2,1-5H3/t14-,16-/m1/s1. The number of hydrogen-bond acceptors (Lipinski definition) is 4. The van der Waals surface area contributed by atoms with Gasteiger partial charge in [-0.2, -0.15) is 0 Å². The molecule has 0 saturated carbocycles. The molecule has 2 aliphatic rings. The molecule has 0 N–H and O–H groups in total. The first-order valence-electron chi connectivity index (χ1n) is 8.21. The van der Waals surface area contributed by atoms with E-state index in [1.807, 2.05) is 4.90 Å². The van der Waals surface area contributed by atoms with Gasteiger partial charge in [-0.15, -0.1) is 0 Å². The quantitative estimate of drug-likeness (QED) is 0.783. The molecule has 6 nitrogen and oxygen atoms in total. The van der Waals surface area contributed by atoms with Crippen molar-refractivity contribution in [3.05, 3.63) is 0 Å². The molecule has 2 fully saturated rings. The van der Waals surface area contributed by atoms with Crippen LogP contribution in [-0.4, -0.2) is 93.0 Å². The molecule has 0 aromatic carbocycles. The van der Waals surface area contributed by atoms with Crippen LogP contribution >= 0.6 is 0 Å². The van der Waals surface area contributed by atoms with E-state index in [1.54, 1.807) is 19.0 Å². The number of amides is 2. The van der Waals surface area contributed by atoms with Crippen molar-refractivity contribution in [3.8, 4) is 0 Å². The zero-order chi connectivity index (χ0) is 16.3. The lowest BCUT2D eigenvalue weighted by atomic mass is 9.93. The van der Waals surface area contributed by atoms with Gasteiger partial charge < -0.3 is 24.2 Å². The smallest absolute Gasteiger partial charge is 0.319 e. The van der Waals surface area contributed by atoms with E-state index in [9.17, 15) is 4.79 Å². The van der Waals surface area contributed by atoms with Crippen LogP contribution < -0.4 is 0 Å². The van der Waals surface area contributed by atoms with E-state index < -0.39 is 0 Å². The van der Waals surface area contributed by atoms with Crippen molar-refractivity contribution >= 4 is 6.03 Å². The normalized spacial score (nSPS) is 29.4. The van der Waals surface area contributed by atoms with E-state index in [0.717, 1.165) is 19.6 Å². The number of urea groups is 1. The van der Waals surface area contributed by atoms with Gasteiger partial charge in [0.1, 0.15) is 5.60 Å². The molecule has 2 rings (SSSR count). The van der Waals surface area contributed by atoms with Crippen LogP contribution in [0.3, 0.4) is 0 Å². The van der Waals surface area contributed by atoms with Gasteiger partial charge in [-0.05, 0) is 33.2 Å². The molecule has 0 aromatic rings. The highest BCUT2D eigenvalue weighted by Gasteiger charge is 2.44. The van der Waals surface area contributed by atoms with Crippen LogP contribution in [0.5, 0.6) is 0 Å². The minimum atomic E-state index is -0.329. The maximum absolute atomic E-state index is 12.3. The van der Waals surface area contributed by atoms with Gasteiger partial charge in [0.25, 0.3) is 0 Å². The molecule has 0 unspecified atom stereocenters. The molecular formula is C16H31N3O3. The van der Waals surface area contributed by atoms with Gasteiger partial charge in [0, 0.05) is 33.2 Å². The van der Waals surface area contributed by atoms with Crippen molar-refractivity contribution in [2.75, 3.05) is 60.6 Å². The summed E-state index contributed by atoms with van der Waals surface area (Å²) in [5.74, 6) is 0.505. The monoisotopic (exact) mass is 313 g/mol. The third-order valence-corrected chi connectivity index (χ3v) is 4.72. The second-order valence-electron chi connectivity index (χ2n) is 7.25. The zero-order valence-corrected chi connectivity index (χ0v) is 14.7. The van der Waals surface area contributed by atoms with Crippen LogP contribution in [0.15, 0.2) is 0 Å². The van der Waals surface area contributed by atoms with Crippen LogP contribution in [0, 0.1) is 5.92 Å². The van der Waals surface area contributed by atoms with Crippen molar-refractivity contribution in [1.29, 1.82) is 0 Å². The van der Waals surface area contributed by atoms with Gasteiger partial charge in [-0.3, -0.25) is 0 Å². The number of nitrogens with zero attached hydrogens (tertiary/aromatic N) is 3. The van der Waals surface area contributed by atoms with E-state index >= 15 is 0 Å². The Kier molecular flexibility index (Phi) is 5.69. The summed E-state index contributed by atoms with van der Waals surface area (Å²) in [5, 5.41) is 0. The van der Waals surface area contributed by atoms with E-state index in [0.29, 0.717) is 38.3 Å². The molecule has 2 amide bonds. The van der Waals surface area contributed by atoms with Crippen LogP contribution in [0.2, 0.25) is 0 Å². The van der Waals surface area contributed by atoms with E-state index in [-0.39, 0.29) is 11.6 Å². The highest BCUT2D eigenvalue weighted by atomic mass is 16.5. The summed E-state index contributed by atoms with van der Waals surface area (Å²) in [7, 11) is 5.73. The first kappa shape index (κ1) is 17.5. The molecule has 2 aliphatic heterocycles. The highest BCUT2D eigenvalue weighted by molar-refractivity contribution is 5.74. The number of carbonyl (C=O) groups is 1. The second kappa shape index (κ2) is 7.15. The summed E-state index contributed by atoms with van der Waals surface area (Å²) < 4.78 is 11.9. The van der Waals surface area contributed by atoms with Crippen molar-refractivity contribution in [2.45, 2.75) is 31.9 Å². The summed E-state index contributed by atoms with van der Waals surface area (Å²) in [5.41, 5.74) is -0.329. The molecule has 6 heteroatoms. The van der Waals surface area contributed by atoms with E-state index in [2.05, 4.69) is 25.8 Å².